The molecule has 1 aliphatic carbocycles. The summed E-state index contributed by atoms with van der Waals surface area (Å²) in [6.45, 7) is 10.4. The predicted octanol–water partition coefficient (Wildman–Crippen LogP) is 3.76. The molecule has 3 amide bonds. The number of hydrogen-bond donors (Lipinski definition) is 2. The predicted molar refractivity (Wildman–Crippen MR) is 105 cm³/mol. The molecule has 0 radical (unpaired) electrons. The van der Waals surface area contributed by atoms with Crippen LogP contribution in [0.3, 0.4) is 0 Å². The summed E-state index contributed by atoms with van der Waals surface area (Å²) in [6, 6.07) is 8.38. The highest BCUT2D eigenvalue weighted by Gasteiger charge is 2.44. The zero-order chi connectivity index (χ0) is 19.8. The molecule has 1 heterocycles. The maximum Gasteiger partial charge on any atom is 0.407 e. The molecule has 0 unspecified atom stereocenters. The lowest BCUT2D eigenvalue weighted by molar-refractivity contribution is 0.0424. The van der Waals surface area contributed by atoms with Crippen molar-refractivity contribution in [3.8, 4) is 0 Å². The molecule has 1 aliphatic heterocycles. The van der Waals surface area contributed by atoms with E-state index in [2.05, 4.69) is 35.8 Å². The normalized spacial score (nSPS) is 27.2. The van der Waals surface area contributed by atoms with Crippen molar-refractivity contribution < 1.29 is 14.3 Å². The number of amides is 3. The first-order valence-electron chi connectivity index (χ1n) is 9.72. The Labute approximate surface area is 161 Å². The number of urea groups is 1. The molecule has 1 aromatic carbocycles. The summed E-state index contributed by atoms with van der Waals surface area (Å²) in [4.78, 5) is 26.6. The minimum atomic E-state index is -0.508. The molecule has 2 aliphatic rings. The lowest BCUT2D eigenvalue weighted by Crippen LogP contribution is -2.64. The van der Waals surface area contributed by atoms with Gasteiger partial charge in [0.25, 0.3) is 0 Å². The summed E-state index contributed by atoms with van der Waals surface area (Å²) in [6.07, 6.45) is 1.89. The maximum absolute atomic E-state index is 12.8. The summed E-state index contributed by atoms with van der Waals surface area (Å²) in [5.74, 6) is 0. The van der Waals surface area contributed by atoms with Crippen LogP contribution in [0.2, 0.25) is 0 Å². The van der Waals surface area contributed by atoms with Crippen LogP contribution in [0.4, 0.5) is 9.59 Å². The van der Waals surface area contributed by atoms with Crippen LogP contribution < -0.4 is 10.6 Å². The van der Waals surface area contributed by atoms with Crippen LogP contribution in [0.5, 0.6) is 0 Å². The largest absolute Gasteiger partial charge is 0.444 e. The highest BCUT2D eigenvalue weighted by atomic mass is 16.6. The van der Waals surface area contributed by atoms with Crippen LogP contribution >= 0.6 is 0 Å². The number of fused-ring (bicyclic) bond motifs is 1. The van der Waals surface area contributed by atoms with Crippen LogP contribution in [0.15, 0.2) is 24.3 Å². The van der Waals surface area contributed by atoms with Crippen molar-refractivity contribution in [2.24, 2.45) is 0 Å². The number of carbonyl (C=O) groups is 2. The molecule has 1 atom stereocenters. The highest BCUT2D eigenvalue weighted by Crippen LogP contribution is 2.34. The zero-order valence-electron chi connectivity index (χ0n) is 17.0. The maximum atomic E-state index is 12.8. The van der Waals surface area contributed by atoms with E-state index in [9.17, 15) is 9.59 Å². The first-order valence-corrected chi connectivity index (χ1v) is 9.72. The second-order valence-corrected chi connectivity index (χ2v) is 9.06. The fourth-order valence-corrected chi connectivity index (χ4v) is 4.09. The van der Waals surface area contributed by atoms with Gasteiger partial charge in [-0.3, -0.25) is 0 Å². The molecule has 27 heavy (non-hydrogen) atoms. The van der Waals surface area contributed by atoms with Crippen molar-refractivity contribution in [1.82, 2.24) is 15.5 Å². The highest BCUT2D eigenvalue weighted by molar-refractivity contribution is 5.76. The van der Waals surface area contributed by atoms with E-state index < -0.39 is 11.7 Å². The molecule has 2 N–H and O–H groups in total. The number of nitrogens with zero attached hydrogens (tertiary/aromatic N) is 1. The molecule has 1 fully saturated rings. The third-order valence-corrected chi connectivity index (χ3v) is 5.38. The fraction of sp³-hybridized carbons (Fsp3) is 0.619. The summed E-state index contributed by atoms with van der Waals surface area (Å²) >= 11 is 0. The third-order valence-electron chi connectivity index (χ3n) is 5.38. The standard InChI is InChI=1S/C21H31N3O3/c1-14-17-9-7-6-8-15(17)10-11-24(14)18(25)23-21(5)12-16(13-21)22-19(26)27-20(2,3)4/h6-9,14,16H,10-13H2,1-5H3,(H,22,26)(H,23,25)/t14-,16?,21?/m0/s1. The average Bonchev–Trinajstić information content (AvgIpc) is 2.52. The van der Waals surface area contributed by atoms with Crippen molar-refractivity contribution in [2.75, 3.05) is 6.54 Å². The minimum Gasteiger partial charge on any atom is -0.444 e. The summed E-state index contributed by atoms with van der Waals surface area (Å²) < 4.78 is 5.29. The Morgan fingerprint density at radius 3 is 2.56 bits per heavy atom. The molecule has 0 aromatic heterocycles. The molecule has 1 aromatic rings. The monoisotopic (exact) mass is 373 g/mol. The first-order chi connectivity index (χ1) is 12.6. The Kier molecular flexibility index (Phi) is 5.10. The van der Waals surface area contributed by atoms with Gasteiger partial charge in [-0.1, -0.05) is 24.3 Å². The molecular formula is C21H31N3O3. The SMILES string of the molecule is C[C@H]1c2ccccc2CCN1C(=O)NC1(C)CC(NC(=O)OC(C)(C)C)C1. The van der Waals surface area contributed by atoms with E-state index in [0.29, 0.717) is 12.8 Å². The van der Waals surface area contributed by atoms with Gasteiger partial charge in [0, 0.05) is 18.1 Å². The van der Waals surface area contributed by atoms with Crippen molar-refractivity contribution in [1.29, 1.82) is 0 Å². The van der Waals surface area contributed by atoms with Gasteiger partial charge in [0.1, 0.15) is 5.60 Å². The van der Waals surface area contributed by atoms with Crippen molar-refractivity contribution in [3.05, 3.63) is 35.4 Å². The molecule has 3 rings (SSSR count). The Morgan fingerprint density at radius 2 is 1.89 bits per heavy atom. The van der Waals surface area contributed by atoms with E-state index >= 15 is 0 Å². The molecule has 1 saturated carbocycles. The van der Waals surface area contributed by atoms with Crippen LogP contribution in [0, 0.1) is 0 Å². The number of nitrogens with one attached hydrogen (secondary N) is 2. The molecule has 0 bridgehead atoms. The molecule has 0 spiro atoms. The smallest absolute Gasteiger partial charge is 0.407 e. The quantitative estimate of drug-likeness (QED) is 0.829. The van der Waals surface area contributed by atoms with Gasteiger partial charge in [0.05, 0.1) is 6.04 Å². The van der Waals surface area contributed by atoms with Crippen molar-refractivity contribution >= 4 is 12.1 Å². The second-order valence-electron chi connectivity index (χ2n) is 9.06. The van der Waals surface area contributed by atoms with Crippen molar-refractivity contribution in [3.63, 3.8) is 0 Å². The molecule has 148 valence electrons. The van der Waals surface area contributed by atoms with Gasteiger partial charge in [-0.05, 0) is 65.0 Å². The van der Waals surface area contributed by atoms with Gasteiger partial charge in [0.15, 0.2) is 0 Å². The van der Waals surface area contributed by atoms with Crippen LogP contribution in [-0.2, 0) is 11.2 Å². The number of benzene rings is 1. The Morgan fingerprint density at radius 1 is 1.22 bits per heavy atom. The first kappa shape index (κ1) is 19.5. The lowest BCUT2D eigenvalue weighted by atomic mass is 9.74. The number of ether oxygens (including phenoxy) is 1. The van der Waals surface area contributed by atoms with Gasteiger partial charge in [-0.25, -0.2) is 9.59 Å². The Hall–Kier alpha value is -2.24. The van der Waals surface area contributed by atoms with Crippen LogP contribution in [0.1, 0.15) is 64.6 Å². The van der Waals surface area contributed by atoms with Gasteiger partial charge in [-0.15, -0.1) is 0 Å². The second kappa shape index (κ2) is 7.06. The minimum absolute atomic E-state index is 0.0321. The zero-order valence-corrected chi connectivity index (χ0v) is 17.0. The number of carbonyl (C=O) groups excluding carboxylic acids is 2. The van der Waals surface area contributed by atoms with E-state index in [1.807, 2.05) is 38.7 Å². The summed E-state index contributed by atoms with van der Waals surface area (Å²) in [7, 11) is 0. The fourth-order valence-electron chi connectivity index (χ4n) is 4.09. The van der Waals surface area contributed by atoms with Crippen LogP contribution in [-0.4, -0.2) is 40.8 Å². The molecular weight excluding hydrogens is 342 g/mol. The number of rotatable bonds is 2. The summed E-state index contributed by atoms with van der Waals surface area (Å²) in [5, 5.41) is 6.05. The van der Waals surface area contributed by atoms with Crippen molar-refractivity contribution in [2.45, 2.75) is 77.1 Å². The van der Waals surface area contributed by atoms with E-state index in [1.165, 1.54) is 11.1 Å². The van der Waals surface area contributed by atoms with E-state index in [-0.39, 0.29) is 23.7 Å². The molecule has 0 saturated heterocycles. The Bertz CT molecular complexity index is 720. The van der Waals surface area contributed by atoms with Gasteiger partial charge < -0.3 is 20.3 Å². The molecule has 6 nitrogen and oxygen atoms in total. The third kappa shape index (κ3) is 4.54. The summed E-state index contributed by atoms with van der Waals surface area (Å²) in [5.41, 5.74) is 1.74. The lowest BCUT2D eigenvalue weighted by Gasteiger charge is -2.47. The number of hydrogen-bond acceptors (Lipinski definition) is 3. The molecule has 6 heteroatoms. The average molecular weight is 373 g/mol. The topological polar surface area (TPSA) is 70.7 Å². The number of alkyl carbamates (subject to hydrolysis) is 1. The van der Waals surface area contributed by atoms with E-state index in [1.54, 1.807) is 0 Å². The Balaban J connectivity index is 1.51. The van der Waals surface area contributed by atoms with Gasteiger partial charge >= 0.3 is 12.1 Å². The van der Waals surface area contributed by atoms with E-state index in [4.69, 9.17) is 4.74 Å². The van der Waals surface area contributed by atoms with Crippen LogP contribution in [0.25, 0.3) is 0 Å². The van der Waals surface area contributed by atoms with Gasteiger partial charge in [0.2, 0.25) is 0 Å². The van der Waals surface area contributed by atoms with E-state index in [0.717, 1.165) is 13.0 Å². The van der Waals surface area contributed by atoms with Gasteiger partial charge in [-0.2, -0.15) is 0 Å².